The first-order chi connectivity index (χ1) is 7.95. The molecule has 2 saturated heterocycles. The van der Waals surface area contributed by atoms with Crippen molar-refractivity contribution in [3.63, 3.8) is 0 Å². The Hall–Kier alpha value is -0.380. The van der Waals surface area contributed by atoms with E-state index in [1.165, 1.54) is 32.4 Å². The standard InChI is InChI=1S/C13H24N2O/c1(5-13-6-2-4-12-16-13)3-9-15-10-7-14-8-11-15/h1,3,13-14H,2,4-12H2/b3-1-. The maximum atomic E-state index is 5.70. The van der Waals surface area contributed by atoms with Gasteiger partial charge in [-0.25, -0.2) is 0 Å². The van der Waals surface area contributed by atoms with E-state index >= 15 is 0 Å². The number of hydrogen-bond acceptors (Lipinski definition) is 3. The van der Waals surface area contributed by atoms with Gasteiger partial charge in [-0.3, -0.25) is 4.90 Å². The second-order valence-corrected chi connectivity index (χ2v) is 4.75. The average molecular weight is 224 g/mol. The average Bonchev–Trinajstić information content (AvgIpc) is 2.37. The highest BCUT2D eigenvalue weighted by molar-refractivity contribution is 4.88. The minimum atomic E-state index is 0.494. The predicted octanol–water partition coefficient (Wildman–Crippen LogP) is 1.41. The second-order valence-electron chi connectivity index (χ2n) is 4.75. The molecule has 2 rings (SSSR count). The summed E-state index contributed by atoms with van der Waals surface area (Å²) in [4.78, 5) is 2.49. The van der Waals surface area contributed by atoms with Crippen LogP contribution >= 0.6 is 0 Å². The van der Waals surface area contributed by atoms with Crippen LogP contribution in [0.1, 0.15) is 25.7 Å². The molecule has 3 nitrogen and oxygen atoms in total. The molecule has 0 aromatic heterocycles. The quantitative estimate of drug-likeness (QED) is 0.731. The first kappa shape index (κ1) is 12.1. The van der Waals surface area contributed by atoms with Gasteiger partial charge >= 0.3 is 0 Å². The summed E-state index contributed by atoms with van der Waals surface area (Å²) >= 11 is 0. The van der Waals surface area contributed by atoms with Crippen LogP contribution in [-0.2, 0) is 4.74 Å². The molecule has 2 heterocycles. The topological polar surface area (TPSA) is 24.5 Å². The van der Waals surface area contributed by atoms with Gasteiger partial charge in [0.1, 0.15) is 0 Å². The highest BCUT2D eigenvalue weighted by Crippen LogP contribution is 2.15. The van der Waals surface area contributed by atoms with E-state index in [2.05, 4.69) is 22.4 Å². The molecule has 0 aromatic carbocycles. The fourth-order valence-corrected chi connectivity index (χ4v) is 2.36. The van der Waals surface area contributed by atoms with Gasteiger partial charge in [-0.2, -0.15) is 0 Å². The Morgan fingerprint density at radius 2 is 2.06 bits per heavy atom. The van der Waals surface area contributed by atoms with Gasteiger partial charge in [0.05, 0.1) is 6.10 Å². The SMILES string of the molecule is C(=C/CN1CCNCC1)/CC1CCCCO1. The maximum Gasteiger partial charge on any atom is 0.0609 e. The van der Waals surface area contributed by atoms with Crippen molar-refractivity contribution in [3.05, 3.63) is 12.2 Å². The molecule has 0 saturated carbocycles. The Labute approximate surface area is 98.8 Å². The fraction of sp³-hybridized carbons (Fsp3) is 0.846. The molecule has 0 radical (unpaired) electrons. The normalized spacial score (nSPS) is 28.6. The van der Waals surface area contributed by atoms with Crippen molar-refractivity contribution >= 4 is 0 Å². The van der Waals surface area contributed by atoms with Crippen LogP contribution in [0.5, 0.6) is 0 Å². The minimum absolute atomic E-state index is 0.494. The fourth-order valence-electron chi connectivity index (χ4n) is 2.36. The molecule has 0 bridgehead atoms. The van der Waals surface area contributed by atoms with Gasteiger partial charge in [0.15, 0.2) is 0 Å². The Bertz CT molecular complexity index is 184. The Morgan fingerprint density at radius 1 is 1.19 bits per heavy atom. The largest absolute Gasteiger partial charge is 0.378 e. The van der Waals surface area contributed by atoms with Crippen LogP contribution in [0.3, 0.4) is 0 Å². The van der Waals surface area contributed by atoms with E-state index in [0.717, 1.165) is 32.7 Å². The van der Waals surface area contributed by atoms with Crippen molar-refractivity contribution < 1.29 is 4.74 Å². The van der Waals surface area contributed by atoms with E-state index in [0.29, 0.717) is 6.10 Å². The highest BCUT2D eigenvalue weighted by Gasteiger charge is 2.11. The molecule has 0 amide bonds. The zero-order chi connectivity index (χ0) is 11.1. The predicted molar refractivity (Wildman–Crippen MR) is 66.7 cm³/mol. The summed E-state index contributed by atoms with van der Waals surface area (Å²) in [5, 5.41) is 3.37. The lowest BCUT2D eigenvalue weighted by atomic mass is 10.1. The summed E-state index contributed by atoms with van der Waals surface area (Å²) in [5.74, 6) is 0. The molecular weight excluding hydrogens is 200 g/mol. The molecule has 92 valence electrons. The smallest absolute Gasteiger partial charge is 0.0609 e. The molecular formula is C13H24N2O. The van der Waals surface area contributed by atoms with Crippen LogP contribution in [0.15, 0.2) is 12.2 Å². The van der Waals surface area contributed by atoms with E-state index in [1.54, 1.807) is 0 Å². The van der Waals surface area contributed by atoms with Crippen molar-refractivity contribution in [1.82, 2.24) is 10.2 Å². The van der Waals surface area contributed by atoms with Gasteiger partial charge in [0, 0.05) is 39.3 Å². The maximum absolute atomic E-state index is 5.70. The summed E-state index contributed by atoms with van der Waals surface area (Å²) < 4.78 is 5.70. The van der Waals surface area contributed by atoms with Crippen LogP contribution in [-0.4, -0.2) is 50.3 Å². The molecule has 1 atom stereocenters. The van der Waals surface area contributed by atoms with Crippen LogP contribution in [0.2, 0.25) is 0 Å². The lowest BCUT2D eigenvalue weighted by molar-refractivity contribution is 0.0184. The third-order valence-corrected chi connectivity index (χ3v) is 3.41. The molecule has 0 aliphatic carbocycles. The van der Waals surface area contributed by atoms with E-state index in [-0.39, 0.29) is 0 Å². The van der Waals surface area contributed by atoms with E-state index in [9.17, 15) is 0 Å². The number of piperazine rings is 1. The molecule has 2 aliphatic heterocycles. The van der Waals surface area contributed by atoms with Crippen molar-refractivity contribution in [2.24, 2.45) is 0 Å². The Morgan fingerprint density at radius 3 is 2.81 bits per heavy atom. The van der Waals surface area contributed by atoms with Gasteiger partial charge in [-0.05, 0) is 25.7 Å². The van der Waals surface area contributed by atoms with Gasteiger partial charge in [0.25, 0.3) is 0 Å². The third-order valence-electron chi connectivity index (χ3n) is 3.41. The number of ether oxygens (including phenoxy) is 1. The van der Waals surface area contributed by atoms with E-state index in [1.807, 2.05) is 0 Å². The van der Waals surface area contributed by atoms with E-state index in [4.69, 9.17) is 4.74 Å². The summed E-state index contributed by atoms with van der Waals surface area (Å²) in [5.41, 5.74) is 0. The number of hydrogen-bond donors (Lipinski definition) is 1. The Kier molecular flexibility index (Phi) is 5.32. The van der Waals surface area contributed by atoms with Crippen LogP contribution in [0, 0.1) is 0 Å². The van der Waals surface area contributed by atoms with Gasteiger partial charge in [0.2, 0.25) is 0 Å². The zero-order valence-electron chi connectivity index (χ0n) is 10.2. The molecule has 2 aliphatic rings. The van der Waals surface area contributed by atoms with Crippen molar-refractivity contribution in [2.75, 3.05) is 39.3 Å². The minimum Gasteiger partial charge on any atom is -0.378 e. The lowest BCUT2D eigenvalue weighted by Crippen LogP contribution is -2.43. The van der Waals surface area contributed by atoms with Crippen LogP contribution < -0.4 is 5.32 Å². The summed E-state index contributed by atoms with van der Waals surface area (Å²) in [7, 11) is 0. The molecule has 2 fully saturated rings. The van der Waals surface area contributed by atoms with Crippen molar-refractivity contribution in [2.45, 2.75) is 31.8 Å². The van der Waals surface area contributed by atoms with E-state index < -0.39 is 0 Å². The second kappa shape index (κ2) is 7.05. The number of rotatable bonds is 4. The molecule has 0 aromatic rings. The monoisotopic (exact) mass is 224 g/mol. The molecule has 16 heavy (non-hydrogen) atoms. The Balaban J connectivity index is 1.57. The summed E-state index contributed by atoms with van der Waals surface area (Å²) in [6, 6.07) is 0. The zero-order valence-corrected chi connectivity index (χ0v) is 10.2. The molecule has 1 unspecified atom stereocenters. The number of nitrogens with one attached hydrogen (secondary N) is 1. The van der Waals surface area contributed by atoms with Crippen LogP contribution in [0.4, 0.5) is 0 Å². The lowest BCUT2D eigenvalue weighted by Gasteiger charge is -2.26. The number of nitrogens with zero attached hydrogens (tertiary/aromatic N) is 1. The summed E-state index contributed by atoms with van der Waals surface area (Å²) in [6.45, 7) is 6.72. The van der Waals surface area contributed by atoms with Crippen molar-refractivity contribution in [1.29, 1.82) is 0 Å². The highest BCUT2D eigenvalue weighted by atomic mass is 16.5. The van der Waals surface area contributed by atoms with Gasteiger partial charge in [-0.1, -0.05) is 12.2 Å². The first-order valence-corrected chi connectivity index (χ1v) is 6.65. The van der Waals surface area contributed by atoms with Gasteiger partial charge in [-0.15, -0.1) is 0 Å². The molecule has 1 N–H and O–H groups in total. The van der Waals surface area contributed by atoms with Gasteiger partial charge < -0.3 is 10.1 Å². The summed E-state index contributed by atoms with van der Waals surface area (Å²) in [6.07, 6.45) is 10.1. The molecule has 0 spiro atoms. The van der Waals surface area contributed by atoms with Crippen molar-refractivity contribution in [3.8, 4) is 0 Å². The third kappa shape index (κ3) is 4.24. The molecule has 3 heteroatoms. The first-order valence-electron chi connectivity index (χ1n) is 6.65. The van der Waals surface area contributed by atoms with Crippen LogP contribution in [0.25, 0.3) is 0 Å².